The van der Waals surface area contributed by atoms with E-state index < -0.39 is 0 Å². The Morgan fingerprint density at radius 1 is 1.00 bits per heavy atom. The van der Waals surface area contributed by atoms with Crippen molar-refractivity contribution in [2.24, 2.45) is 0 Å². The van der Waals surface area contributed by atoms with Gasteiger partial charge in [0.05, 0.1) is 0 Å². The van der Waals surface area contributed by atoms with Crippen LogP contribution in [0.5, 0.6) is 0 Å². The zero-order chi connectivity index (χ0) is 0. The molecule has 0 aromatic heterocycles. The van der Waals surface area contributed by atoms with Crippen LogP contribution in [0.1, 0.15) is 0 Å². The van der Waals surface area contributed by atoms with Crippen molar-refractivity contribution < 1.29 is 41.7 Å². The van der Waals surface area contributed by atoms with Crippen molar-refractivity contribution in [1.29, 1.82) is 0 Å². The second kappa shape index (κ2) is 15.7. The first-order chi connectivity index (χ1) is 0. The molecule has 0 bridgehead atoms. The molecule has 4 heteroatoms. The summed E-state index contributed by atoms with van der Waals surface area (Å²) in [6.07, 6.45) is 0. The Kier molecular flexibility index (Phi) is 96.1. The van der Waals surface area contributed by atoms with Crippen LogP contribution in [0.15, 0.2) is 0 Å². The van der Waals surface area contributed by atoms with Gasteiger partial charge in [-0.1, -0.05) is 0 Å². The van der Waals surface area contributed by atoms with E-state index >= 15 is 0 Å². The van der Waals surface area contributed by atoms with Crippen molar-refractivity contribution in [1.82, 2.24) is 0 Å². The first kappa shape index (κ1) is 24.4. The summed E-state index contributed by atoms with van der Waals surface area (Å²) in [5.74, 6) is 0. The Morgan fingerprint density at radius 3 is 1.00 bits per heavy atom. The first-order valence-electron chi connectivity index (χ1n) is 0. The van der Waals surface area contributed by atoms with E-state index in [0.717, 1.165) is 0 Å². The van der Waals surface area contributed by atoms with E-state index in [2.05, 4.69) is 0 Å². The summed E-state index contributed by atoms with van der Waals surface area (Å²) >= 11 is 0. The van der Waals surface area contributed by atoms with Crippen molar-refractivity contribution >= 4 is 80.5 Å². The van der Waals surface area contributed by atoms with Crippen LogP contribution in [0.4, 0.5) is 0 Å². The molecule has 0 N–H and O–H groups in total. The molecule has 0 aliphatic heterocycles. The zero-order valence-corrected chi connectivity index (χ0v) is 10.9. The van der Waals surface area contributed by atoms with Crippen LogP contribution in [0.3, 0.4) is 0 Å². The van der Waals surface area contributed by atoms with Gasteiger partial charge in [-0.3, -0.25) is 0 Å². The summed E-state index contributed by atoms with van der Waals surface area (Å²) in [4.78, 5) is 0. The second-order valence-electron chi connectivity index (χ2n) is 0. The minimum Gasteiger partial charge on any atom is 0 e. The van der Waals surface area contributed by atoms with Gasteiger partial charge < -0.3 is 0 Å². The van der Waals surface area contributed by atoms with E-state index in [9.17, 15) is 0 Å². The summed E-state index contributed by atoms with van der Waals surface area (Å²) in [6, 6.07) is 0. The van der Waals surface area contributed by atoms with Crippen molar-refractivity contribution in [2.45, 2.75) is 0 Å². The van der Waals surface area contributed by atoms with Crippen LogP contribution in [0.25, 0.3) is 0 Å². The van der Waals surface area contributed by atoms with Crippen LogP contribution in [0, 0.1) is 41.7 Å². The van der Waals surface area contributed by atoms with Crippen molar-refractivity contribution in [3.63, 3.8) is 0 Å². The average Bonchev–Trinajstić information content (AvgIpc) is 0. The van der Waals surface area contributed by atoms with E-state index in [-0.39, 0.29) is 122 Å². The first-order valence-corrected chi connectivity index (χ1v) is 0. The molecule has 0 spiro atoms. The maximum atomic E-state index is 0. The quantitative estimate of drug-likeness (QED) is 0.496. The fourth-order valence-electron chi connectivity index (χ4n) is 0. The molecule has 0 saturated carbocycles. The Hall–Kier alpha value is 4.03. The molecule has 0 aromatic rings. The summed E-state index contributed by atoms with van der Waals surface area (Å²) in [5.41, 5.74) is 0. The van der Waals surface area contributed by atoms with Crippen LogP contribution in [-0.4, -0.2) is 80.5 Å². The molecule has 0 heterocycles. The Bertz CT molecular complexity index is 8.00. The van der Waals surface area contributed by atoms with Gasteiger partial charge in [0, 0.05) is 122 Å². The minimum absolute atomic E-state index is 0. The van der Waals surface area contributed by atoms with E-state index in [1.807, 2.05) is 0 Å². The molecule has 0 atom stereocenters. The monoisotopic (exact) mass is 307 g/mol. The largest absolute Gasteiger partial charge is 0 e. The third kappa shape index (κ3) is 9.40. The molecule has 0 nitrogen and oxygen atoms in total. The van der Waals surface area contributed by atoms with Crippen LogP contribution in [0.2, 0.25) is 0 Å². The standard InChI is InChI=1S/Ca.Ce.Li.Sn. The molecular formula is CaCeLiSn. The number of rotatable bonds is 0. The molecule has 0 saturated heterocycles. The predicted molar refractivity (Wildman–Crippen MR) is 17.3 cm³/mol. The smallest absolute Gasteiger partial charge is 0 e. The maximum absolute atomic E-state index is 0. The van der Waals surface area contributed by atoms with Gasteiger partial charge in [-0.2, -0.15) is 0 Å². The molecule has 0 amide bonds. The molecule has 0 rings (SSSR count). The van der Waals surface area contributed by atoms with E-state index in [4.69, 9.17) is 0 Å². The van der Waals surface area contributed by atoms with Crippen molar-refractivity contribution in [3.05, 3.63) is 0 Å². The molecule has 11 valence electrons. The van der Waals surface area contributed by atoms with E-state index in [0.29, 0.717) is 0 Å². The van der Waals surface area contributed by atoms with Crippen LogP contribution >= 0.6 is 0 Å². The Morgan fingerprint density at radius 2 is 1.00 bits per heavy atom. The van der Waals surface area contributed by atoms with Gasteiger partial charge >= 0.3 is 0 Å². The minimum atomic E-state index is 0. The van der Waals surface area contributed by atoms with Crippen LogP contribution in [-0.2, 0) is 0 Å². The fourth-order valence-corrected chi connectivity index (χ4v) is 0. The zero-order valence-electron chi connectivity index (χ0n) is 2.71. The molecule has 0 aliphatic carbocycles. The molecule has 4 heavy (non-hydrogen) atoms. The second-order valence-corrected chi connectivity index (χ2v) is 0. The van der Waals surface area contributed by atoms with E-state index in [1.54, 1.807) is 0 Å². The Balaban J connectivity index is 0. The molecular weight excluding hydrogens is 306 g/mol. The van der Waals surface area contributed by atoms with Crippen molar-refractivity contribution in [2.75, 3.05) is 0 Å². The topological polar surface area (TPSA) is 0 Å². The summed E-state index contributed by atoms with van der Waals surface area (Å²) in [6.45, 7) is 0. The maximum Gasteiger partial charge on any atom is 0 e. The SMILES string of the molecule is [Ca].[Ce].[Li].[Sn]. The molecule has 0 fully saturated rings. The summed E-state index contributed by atoms with van der Waals surface area (Å²) < 4.78 is 0. The van der Waals surface area contributed by atoms with Gasteiger partial charge in [0.25, 0.3) is 0 Å². The van der Waals surface area contributed by atoms with Gasteiger partial charge in [-0.15, -0.1) is 0 Å². The number of hydrogen-bond donors (Lipinski definition) is 0. The molecule has 0 aromatic carbocycles. The molecule has 0 unspecified atom stereocenters. The van der Waals surface area contributed by atoms with Gasteiger partial charge in [-0.05, 0) is 0 Å². The molecule has 0 aliphatic rings. The number of hydrogen-bond acceptors (Lipinski definition) is 0. The third-order valence-corrected chi connectivity index (χ3v) is 0. The third-order valence-electron chi connectivity index (χ3n) is 0. The summed E-state index contributed by atoms with van der Waals surface area (Å²) in [5, 5.41) is 0. The summed E-state index contributed by atoms with van der Waals surface area (Å²) in [7, 11) is 0. The molecule has 7 radical (unpaired) electrons. The predicted octanol–water partition coefficient (Wildman–Crippen LogP) is -1.14. The van der Waals surface area contributed by atoms with Gasteiger partial charge in [0.1, 0.15) is 0 Å². The Labute approximate surface area is 119 Å². The average molecular weight is 306 g/mol. The normalized spacial score (nSPS) is 0. The fraction of sp³-hybridized carbons (Fsp3) is 0. The van der Waals surface area contributed by atoms with Crippen molar-refractivity contribution in [3.8, 4) is 0 Å². The van der Waals surface area contributed by atoms with Gasteiger partial charge in [0.2, 0.25) is 0 Å². The van der Waals surface area contributed by atoms with E-state index in [1.165, 1.54) is 0 Å². The van der Waals surface area contributed by atoms with Gasteiger partial charge in [-0.25, -0.2) is 0 Å². The van der Waals surface area contributed by atoms with Crippen LogP contribution < -0.4 is 0 Å². The van der Waals surface area contributed by atoms with Gasteiger partial charge in [0.15, 0.2) is 0 Å².